The molecule has 0 spiro atoms. The van der Waals surface area contributed by atoms with Crippen LogP contribution in [0, 0.1) is 10.1 Å². The summed E-state index contributed by atoms with van der Waals surface area (Å²) in [5.74, 6) is 0. The average Bonchev–Trinajstić information content (AvgIpc) is 2.47. The maximum absolute atomic E-state index is 11.4. The van der Waals surface area contributed by atoms with Crippen LogP contribution in [0.15, 0.2) is 36.4 Å². The van der Waals surface area contributed by atoms with E-state index in [-0.39, 0.29) is 10.6 Å². The summed E-state index contributed by atoms with van der Waals surface area (Å²) < 4.78 is 0. The second-order valence-electron chi connectivity index (χ2n) is 5.42. The molecule has 0 radical (unpaired) electrons. The molecule has 2 aromatic carbocycles. The lowest BCUT2D eigenvalue weighted by molar-refractivity contribution is -0.382. The molecule has 0 amide bonds. The number of hydrogen-bond acceptors (Lipinski definition) is 3. The first-order valence-electron chi connectivity index (χ1n) is 7.18. The topological polar surface area (TPSA) is 55.2 Å². The van der Waals surface area contributed by atoms with Crippen LogP contribution >= 0.6 is 0 Å². The summed E-state index contributed by atoms with van der Waals surface area (Å²) in [6.07, 6.45) is 5.89. The Hall–Kier alpha value is -2.10. The Kier molecular flexibility index (Phi) is 3.54. The summed E-state index contributed by atoms with van der Waals surface area (Å²) in [4.78, 5) is 11.2. The normalized spacial score (nSPS) is 16.2. The molecule has 4 heteroatoms. The summed E-state index contributed by atoms with van der Waals surface area (Å²) in [5.41, 5.74) is 0.856. The van der Waals surface area contributed by atoms with Crippen LogP contribution in [0.2, 0.25) is 0 Å². The van der Waals surface area contributed by atoms with E-state index in [4.69, 9.17) is 0 Å². The first kappa shape index (κ1) is 12.9. The van der Waals surface area contributed by atoms with Gasteiger partial charge in [-0.3, -0.25) is 10.1 Å². The molecule has 0 aromatic heterocycles. The third-order valence-corrected chi connectivity index (χ3v) is 4.05. The Bertz CT molecular complexity index is 633. The van der Waals surface area contributed by atoms with Crippen molar-refractivity contribution < 1.29 is 4.92 Å². The lowest BCUT2D eigenvalue weighted by Gasteiger charge is -2.23. The molecule has 1 aliphatic rings. The molecule has 2 aromatic rings. The zero-order valence-electron chi connectivity index (χ0n) is 11.3. The van der Waals surface area contributed by atoms with E-state index in [0.29, 0.717) is 17.1 Å². The smallest absolute Gasteiger partial charge is 0.300 e. The molecule has 0 heterocycles. The van der Waals surface area contributed by atoms with Crippen molar-refractivity contribution in [1.29, 1.82) is 0 Å². The van der Waals surface area contributed by atoms with Crippen molar-refractivity contribution in [2.24, 2.45) is 0 Å². The standard InChI is InChI=1S/C16H18N2O2/c19-18(20)16-14-9-5-4-6-12(14)10-11-15(16)17-13-7-2-1-3-8-13/h4-6,9-11,13,17H,1-3,7-8H2. The highest BCUT2D eigenvalue weighted by Gasteiger charge is 2.21. The quantitative estimate of drug-likeness (QED) is 0.660. The fraction of sp³-hybridized carbons (Fsp3) is 0.375. The van der Waals surface area contributed by atoms with Crippen LogP contribution in [0.4, 0.5) is 11.4 Å². The monoisotopic (exact) mass is 270 g/mol. The Morgan fingerprint density at radius 1 is 1.05 bits per heavy atom. The van der Waals surface area contributed by atoms with Crippen LogP contribution in [0.25, 0.3) is 10.8 Å². The van der Waals surface area contributed by atoms with Gasteiger partial charge in [-0.1, -0.05) is 43.5 Å². The van der Waals surface area contributed by atoms with Crippen molar-refractivity contribution >= 4 is 22.1 Å². The van der Waals surface area contributed by atoms with Crippen LogP contribution < -0.4 is 5.32 Å². The van der Waals surface area contributed by atoms with E-state index in [1.165, 1.54) is 19.3 Å². The molecule has 0 bridgehead atoms. The van der Waals surface area contributed by atoms with Gasteiger partial charge in [-0.05, 0) is 30.4 Å². The van der Waals surface area contributed by atoms with E-state index in [1.54, 1.807) is 0 Å². The summed E-state index contributed by atoms with van der Waals surface area (Å²) in [6, 6.07) is 11.6. The van der Waals surface area contributed by atoms with Gasteiger partial charge in [0.05, 0.1) is 10.3 Å². The molecule has 1 aliphatic carbocycles. The molecule has 0 unspecified atom stereocenters. The minimum absolute atomic E-state index is 0.202. The predicted molar refractivity (Wildman–Crippen MR) is 81.1 cm³/mol. The van der Waals surface area contributed by atoms with Crippen molar-refractivity contribution in [2.75, 3.05) is 5.32 Å². The molecule has 0 atom stereocenters. The maximum Gasteiger partial charge on any atom is 0.300 e. The van der Waals surface area contributed by atoms with Crippen molar-refractivity contribution in [2.45, 2.75) is 38.1 Å². The van der Waals surface area contributed by atoms with Crippen LogP contribution in [-0.4, -0.2) is 11.0 Å². The summed E-state index contributed by atoms with van der Waals surface area (Å²) in [6.45, 7) is 0. The van der Waals surface area contributed by atoms with Gasteiger partial charge in [0, 0.05) is 6.04 Å². The molecule has 0 saturated heterocycles. The Morgan fingerprint density at radius 3 is 2.55 bits per heavy atom. The molecule has 3 rings (SSSR count). The van der Waals surface area contributed by atoms with Crippen molar-refractivity contribution in [3.05, 3.63) is 46.5 Å². The van der Waals surface area contributed by atoms with Gasteiger partial charge < -0.3 is 5.32 Å². The van der Waals surface area contributed by atoms with Crippen LogP contribution in [0.3, 0.4) is 0 Å². The number of nitro groups is 1. The number of nitrogens with zero attached hydrogens (tertiary/aromatic N) is 1. The highest BCUT2D eigenvalue weighted by molar-refractivity contribution is 5.96. The van der Waals surface area contributed by atoms with E-state index in [9.17, 15) is 10.1 Å². The number of anilines is 1. The van der Waals surface area contributed by atoms with Crippen molar-refractivity contribution in [1.82, 2.24) is 0 Å². The minimum Gasteiger partial charge on any atom is -0.377 e. The van der Waals surface area contributed by atoms with Gasteiger partial charge >= 0.3 is 0 Å². The molecule has 104 valence electrons. The first-order valence-corrected chi connectivity index (χ1v) is 7.18. The summed E-state index contributed by atoms with van der Waals surface area (Å²) in [7, 11) is 0. The van der Waals surface area contributed by atoms with E-state index in [2.05, 4.69) is 5.32 Å². The van der Waals surface area contributed by atoms with Gasteiger partial charge in [-0.2, -0.15) is 0 Å². The highest BCUT2D eigenvalue weighted by Crippen LogP contribution is 2.35. The van der Waals surface area contributed by atoms with Gasteiger partial charge in [0.1, 0.15) is 5.69 Å². The molecular formula is C16H18N2O2. The molecule has 20 heavy (non-hydrogen) atoms. The number of rotatable bonds is 3. The van der Waals surface area contributed by atoms with Crippen molar-refractivity contribution in [3.63, 3.8) is 0 Å². The van der Waals surface area contributed by atoms with Crippen molar-refractivity contribution in [3.8, 4) is 0 Å². The fourth-order valence-corrected chi connectivity index (χ4v) is 3.04. The number of benzene rings is 2. The van der Waals surface area contributed by atoms with Crippen LogP contribution in [0.1, 0.15) is 32.1 Å². The fourth-order valence-electron chi connectivity index (χ4n) is 3.04. The molecular weight excluding hydrogens is 252 g/mol. The van der Waals surface area contributed by atoms with E-state index < -0.39 is 0 Å². The van der Waals surface area contributed by atoms with Crippen LogP contribution in [-0.2, 0) is 0 Å². The van der Waals surface area contributed by atoms with Gasteiger partial charge in [0.2, 0.25) is 0 Å². The highest BCUT2D eigenvalue weighted by atomic mass is 16.6. The molecule has 0 aliphatic heterocycles. The summed E-state index contributed by atoms with van der Waals surface area (Å²) in [5, 5.41) is 16.4. The Balaban J connectivity index is 2.01. The zero-order chi connectivity index (χ0) is 13.9. The number of nitro benzene ring substituents is 1. The molecule has 1 N–H and O–H groups in total. The second-order valence-corrected chi connectivity index (χ2v) is 5.42. The molecule has 1 fully saturated rings. The van der Waals surface area contributed by atoms with Gasteiger partial charge in [-0.15, -0.1) is 0 Å². The molecule has 4 nitrogen and oxygen atoms in total. The zero-order valence-corrected chi connectivity index (χ0v) is 11.3. The largest absolute Gasteiger partial charge is 0.377 e. The van der Waals surface area contributed by atoms with Crippen LogP contribution in [0.5, 0.6) is 0 Å². The number of fused-ring (bicyclic) bond motifs is 1. The predicted octanol–water partition coefficient (Wildman–Crippen LogP) is 4.49. The van der Waals surface area contributed by atoms with Gasteiger partial charge in [-0.25, -0.2) is 0 Å². The SMILES string of the molecule is O=[N+]([O-])c1c(NC2CCCCC2)ccc2ccccc12. The molecule has 1 saturated carbocycles. The minimum atomic E-state index is -0.270. The van der Waals surface area contributed by atoms with E-state index >= 15 is 0 Å². The third kappa shape index (κ3) is 2.46. The Labute approximate surface area is 117 Å². The first-order chi connectivity index (χ1) is 9.75. The summed E-state index contributed by atoms with van der Waals surface area (Å²) >= 11 is 0. The van der Waals surface area contributed by atoms with E-state index in [1.807, 2.05) is 36.4 Å². The van der Waals surface area contributed by atoms with E-state index in [0.717, 1.165) is 18.2 Å². The van der Waals surface area contributed by atoms with Gasteiger partial charge in [0.15, 0.2) is 0 Å². The third-order valence-electron chi connectivity index (χ3n) is 4.05. The number of nitrogens with one attached hydrogen (secondary N) is 1. The average molecular weight is 270 g/mol. The lowest BCUT2D eigenvalue weighted by Crippen LogP contribution is -2.22. The second kappa shape index (κ2) is 5.49. The Morgan fingerprint density at radius 2 is 1.80 bits per heavy atom. The number of hydrogen-bond donors (Lipinski definition) is 1. The maximum atomic E-state index is 11.4. The van der Waals surface area contributed by atoms with Gasteiger partial charge in [0.25, 0.3) is 5.69 Å². The lowest BCUT2D eigenvalue weighted by atomic mass is 9.95.